The van der Waals surface area contributed by atoms with Crippen molar-refractivity contribution in [3.63, 3.8) is 0 Å². The van der Waals surface area contributed by atoms with Gasteiger partial charge in [-0.3, -0.25) is 4.79 Å². The van der Waals surface area contributed by atoms with Crippen LogP contribution in [0.2, 0.25) is 5.02 Å². The Morgan fingerprint density at radius 1 is 1.07 bits per heavy atom. The van der Waals surface area contributed by atoms with E-state index in [9.17, 15) is 36.7 Å². The number of ketones is 1. The summed E-state index contributed by atoms with van der Waals surface area (Å²) in [4.78, 5) is 24.7. The van der Waals surface area contributed by atoms with Crippen LogP contribution in [0.5, 0.6) is 5.75 Å². The number of carbonyl (C=O) groups excluding carboxylic acids is 1. The van der Waals surface area contributed by atoms with E-state index < -0.39 is 47.3 Å². The van der Waals surface area contributed by atoms with Gasteiger partial charge in [0, 0.05) is 25.3 Å². The van der Waals surface area contributed by atoms with Gasteiger partial charge in [0.25, 0.3) is 0 Å². The second-order valence-electron chi connectivity index (χ2n) is 10.0. The Kier molecular flexibility index (Phi) is 9.16. The molecule has 0 spiro atoms. The molecule has 218 valence electrons. The van der Waals surface area contributed by atoms with Gasteiger partial charge in [0.15, 0.2) is 17.8 Å². The van der Waals surface area contributed by atoms with Gasteiger partial charge in [0.2, 0.25) is 11.6 Å². The number of carboxylic acid groups (broad SMARTS) is 1. The molecular formula is C29H25ClF5NO5. The highest BCUT2D eigenvalue weighted by Gasteiger charge is 2.38. The van der Waals surface area contributed by atoms with Crippen molar-refractivity contribution in [2.45, 2.75) is 57.0 Å². The fourth-order valence-electron chi connectivity index (χ4n) is 5.08. The number of Topliss-reactive ketones (excluding diaryl/α,β-unsaturated/α-hetero) is 1. The van der Waals surface area contributed by atoms with E-state index in [4.69, 9.17) is 16.7 Å². The van der Waals surface area contributed by atoms with Crippen molar-refractivity contribution >= 4 is 23.4 Å². The van der Waals surface area contributed by atoms with Gasteiger partial charge in [0.1, 0.15) is 11.7 Å². The van der Waals surface area contributed by atoms with Crippen molar-refractivity contribution in [2.75, 3.05) is 0 Å². The van der Waals surface area contributed by atoms with Gasteiger partial charge in [-0.1, -0.05) is 23.7 Å². The zero-order valence-corrected chi connectivity index (χ0v) is 22.2. The average Bonchev–Trinajstić information content (AvgIpc) is 2.90. The summed E-state index contributed by atoms with van der Waals surface area (Å²) in [5, 5.41) is 22.0. The van der Waals surface area contributed by atoms with Gasteiger partial charge < -0.3 is 15.1 Å². The normalized spacial score (nSPS) is 16.0. The quantitative estimate of drug-likeness (QED) is 0.152. The Bertz CT molecular complexity index is 1420. The Morgan fingerprint density at radius 3 is 2.32 bits per heavy atom. The van der Waals surface area contributed by atoms with Gasteiger partial charge >= 0.3 is 12.6 Å². The molecule has 0 bridgehead atoms. The van der Waals surface area contributed by atoms with E-state index in [1.165, 1.54) is 36.4 Å². The molecule has 0 saturated heterocycles. The lowest BCUT2D eigenvalue weighted by atomic mass is 9.78. The minimum absolute atomic E-state index is 0.0253. The summed E-state index contributed by atoms with van der Waals surface area (Å²) in [6, 6.07) is 10.2. The van der Waals surface area contributed by atoms with Gasteiger partial charge in [-0.05, 0) is 61.1 Å². The number of benzene rings is 2. The summed E-state index contributed by atoms with van der Waals surface area (Å²) >= 11 is 5.83. The molecule has 1 heterocycles. The molecule has 1 saturated carbocycles. The SMILES string of the molecule is O=C(O)c1ccc(CC(=O)C(CC2CCC(F)(F)CC2)c2ccc(-c3c(OC(F)F)ccc(Cl)c3F)c[n+]2[O-])cc1. The maximum absolute atomic E-state index is 14.9. The summed E-state index contributed by atoms with van der Waals surface area (Å²) in [6.07, 6.45) is 0.490. The fraction of sp³-hybridized carbons (Fsp3) is 0.345. The molecule has 1 atom stereocenters. The Balaban J connectivity index is 1.68. The van der Waals surface area contributed by atoms with E-state index in [0.29, 0.717) is 10.3 Å². The number of alkyl halides is 4. The van der Waals surface area contributed by atoms with Crippen LogP contribution in [0.15, 0.2) is 54.7 Å². The predicted molar refractivity (Wildman–Crippen MR) is 139 cm³/mol. The van der Waals surface area contributed by atoms with E-state index in [1.54, 1.807) is 0 Å². The first-order chi connectivity index (χ1) is 19.3. The van der Waals surface area contributed by atoms with Crippen molar-refractivity contribution in [1.82, 2.24) is 0 Å². The molecule has 1 unspecified atom stereocenters. The van der Waals surface area contributed by atoms with Gasteiger partial charge in [-0.15, -0.1) is 0 Å². The molecule has 2 aromatic carbocycles. The predicted octanol–water partition coefficient (Wildman–Crippen LogP) is 7.19. The Labute approximate surface area is 236 Å². The number of aromatic nitrogens is 1. The number of rotatable bonds is 10. The number of ether oxygens (including phenoxy) is 1. The molecule has 1 aliphatic carbocycles. The minimum atomic E-state index is -3.28. The summed E-state index contributed by atoms with van der Waals surface area (Å²) < 4.78 is 73.0. The highest BCUT2D eigenvalue weighted by atomic mass is 35.5. The lowest BCUT2D eigenvalue weighted by Gasteiger charge is -2.30. The zero-order valence-electron chi connectivity index (χ0n) is 21.5. The highest BCUT2D eigenvalue weighted by Crippen LogP contribution is 2.41. The highest BCUT2D eigenvalue weighted by molar-refractivity contribution is 6.31. The number of hydrogen-bond donors (Lipinski definition) is 1. The van der Waals surface area contributed by atoms with Gasteiger partial charge in [0.05, 0.1) is 21.7 Å². The summed E-state index contributed by atoms with van der Waals surface area (Å²) in [5.41, 5.74) is -0.115. The van der Waals surface area contributed by atoms with Crippen LogP contribution >= 0.6 is 11.6 Å². The number of hydrogen-bond acceptors (Lipinski definition) is 4. The molecule has 6 nitrogen and oxygen atoms in total. The minimum Gasteiger partial charge on any atom is -0.618 e. The Morgan fingerprint density at radius 2 is 1.73 bits per heavy atom. The van der Waals surface area contributed by atoms with Crippen LogP contribution in [-0.4, -0.2) is 29.4 Å². The maximum atomic E-state index is 14.9. The van der Waals surface area contributed by atoms with Crippen molar-refractivity contribution < 1.29 is 46.1 Å². The number of carboxylic acids is 1. The third-order valence-electron chi connectivity index (χ3n) is 7.24. The molecular weight excluding hydrogens is 573 g/mol. The second-order valence-corrected chi connectivity index (χ2v) is 10.4. The molecule has 41 heavy (non-hydrogen) atoms. The number of nitrogens with zero attached hydrogens (tertiary/aromatic N) is 1. The van der Waals surface area contributed by atoms with Crippen LogP contribution in [0.4, 0.5) is 22.0 Å². The lowest BCUT2D eigenvalue weighted by molar-refractivity contribution is -0.614. The summed E-state index contributed by atoms with van der Waals surface area (Å²) in [6.45, 7) is -3.28. The number of aromatic carboxylic acids is 1. The van der Waals surface area contributed by atoms with E-state index >= 15 is 0 Å². The summed E-state index contributed by atoms with van der Waals surface area (Å²) in [7, 11) is 0. The third kappa shape index (κ3) is 7.32. The molecule has 1 N–H and O–H groups in total. The smallest absolute Gasteiger partial charge is 0.387 e. The van der Waals surface area contributed by atoms with Crippen molar-refractivity contribution in [3.8, 4) is 16.9 Å². The average molecular weight is 598 g/mol. The zero-order chi connectivity index (χ0) is 29.9. The molecule has 12 heteroatoms. The number of halogens is 6. The van der Waals surface area contributed by atoms with Crippen LogP contribution in [0.25, 0.3) is 11.1 Å². The lowest BCUT2D eigenvalue weighted by Crippen LogP contribution is -2.37. The van der Waals surface area contributed by atoms with E-state index in [1.807, 2.05) is 0 Å². The molecule has 1 fully saturated rings. The molecule has 0 amide bonds. The van der Waals surface area contributed by atoms with E-state index in [-0.39, 0.29) is 66.3 Å². The molecule has 0 aliphatic heterocycles. The first kappa shape index (κ1) is 30.2. The van der Waals surface area contributed by atoms with Crippen LogP contribution < -0.4 is 9.47 Å². The first-order valence-electron chi connectivity index (χ1n) is 12.7. The van der Waals surface area contributed by atoms with Crippen LogP contribution in [0.1, 0.15) is 59.6 Å². The van der Waals surface area contributed by atoms with Crippen molar-refractivity contribution in [1.29, 1.82) is 0 Å². The van der Waals surface area contributed by atoms with Crippen molar-refractivity contribution in [2.24, 2.45) is 5.92 Å². The van der Waals surface area contributed by atoms with Crippen molar-refractivity contribution in [3.05, 3.63) is 87.6 Å². The fourth-order valence-corrected chi connectivity index (χ4v) is 5.24. The first-order valence-corrected chi connectivity index (χ1v) is 13.1. The molecule has 3 aromatic rings. The topological polar surface area (TPSA) is 90.5 Å². The van der Waals surface area contributed by atoms with E-state index in [0.717, 1.165) is 18.3 Å². The standard InChI is InChI=1S/C29H25ClF5NO5/c30-21-6-8-24(41-28(32)33)25(26(21)31)19-5-7-22(36(40)15-19)20(13-17-9-11-29(34,35)12-10-17)23(37)14-16-1-3-18(4-2-16)27(38)39/h1-8,15,17,20,28H,9-14H2,(H,38,39). The third-order valence-corrected chi connectivity index (χ3v) is 7.53. The molecule has 1 aromatic heterocycles. The number of carbonyl (C=O) groups is 2. The second kappa shape index (κ2) is 12.4. The maximum Gasteiger partial charge on any atom is 0.387 e. The Hall–Kier alpha value is -3.73. The summed E-state index contributed by atoms with van der Waals surface area (Å²) in [5.74, 6) is -7.26. The van der Waals surface area contributed by atoms with Crippen LogP contribution in [0.3, 0.4) is 0 Å². The monoisotopic (exact) mass is 597 g/mol. The molecule has 0 radical (unpaired) electrons. The van der Waals surface area contributed by atoms with Crippen LogP contribution in [-0.2, 0) is 11.2 Å². The van der Waals surface area contributed by atoms with Gasteiger partial charge in [-0.2, -0.15) is 13.5 Å². The van der Waals surface area contributed by atoms with E-state index in [2.05, 4.69) is 4.74 Å². The van der Waals surface area contributed by atoms with Crippen LogP contribution in [0, 0.1) is 16.9 Å². The van der Waals surface area contributed by atoms with Gasteiger partial charge in [-0.25, -0.2) is 18.0 Å². The molecule has 4 rings (SSSR count). The number of pyridine rings is 1. The molecule has 1 aliphatic rings. The largest absolute Gasteiger partial charge is 0.618 e.